The molecule has 1 aliphatic heterocycles. The number of methoxy groups -OCH3 is 2. The van der Waals surface area contributed by atoms with Crippen molar-refractivity contribution in [3.05, 3.63) is 23.8 Å². The molecule has 1 atom stereocenters. The molecule has 2 rings (SSSR count). The third-order valence-corrected chi connectivity index (χ3v) is 4.48. The molecule has 0 saturated carbocycles. The van der Waals surface area contributed by atoms with Gasteiger partial charge in [-0.1, -0.05) is 18.9 Å². The minimum absolute atomic E-state index is 0.0757. The Hall–Kier alpha value is -1.75. The number of carbonyl (C=O) groups excluding carboxylic acids is 1. The van der Waals surface area contributed by atoms with Crippen LogP contribution in [0.1, 0.15) is 38.2 Å². The highest BCUT2D eigenvalue weighted by atomic mass is 16.5. The van der Waals surface area contributed by atoms with Crippen molar-refractivity contribution in [3.63, 3.8) is 0 Å². The van der Waals surface area contributed by atoms with E-state index in [2.05, 4.69) is 10.2 Å². The number of hydrogen-bond acceptors (Lipinski definition) is 4. The molecule has 1 aliphatic rings. The molecule has 0 aliphatic carbocycles. The van der Waals surface area contributed by atoms with Crippen molar-refractivity contribution in [1.82, 2.24) is 10.2 Å². The number of benzene rings is 1. The zero-order chi connectivity index (χ0) is 16.7. The molecular formula is C18H28N2O3. The van der Waals surface area contributed by atoms with Gasteiger partial charge in [0.25, 0.3) is 0 Å². The van der Waals surface area contributed by atoms with Crippen LogP contribution in [-0.4, -0.2) is 44.2 Å². The van der Waals surface area contributed by atoms with Gasteiger partial charge in [-0.25, -0.2) is 0 Å². The predicted molar refractivity (Wildman–Crippen MR) is 90.9 cm³/mol. The number of rotatable bonds is 6. The molecule has 0 radical (unpaired) electrons. The van der Waals surface area contributed by atoms with E-state index < -0.39 is 0 Å². The van der Waals surface area contributed by atoms with Crippen molar-refractivity contribution < 1.29 is 14.3 Å². The smallest absolute Gasteiger partial charge is 0.237 e. The fourth-order valence-electron chi connectivity index (χ4n) is 2.98. The van der Waals surface area contributed by atoms with E-state index in [0.717, 1.165) is 18.7 Å². The fraction of sp³-hybridized carbons (Fsp3) is 0.611. The standard InChI is InChI=1S/C18H28N2O3/c1-14(20-10-6-4-5-7-11-20)18(21)19-13-15-8-9-16(22-2)17(12-15)23-3/h8-9,12,14H,4-7,10-11,13H2,1-3H3,(H,19,21)/t14-/m1/s1. The average Bonchev–Trinajstić information content (AvgIpc) is 2.87. The first kappa shape index (κ1) is 17.6. The minimum atomic E-state index is -0.0757. The summed E-state index contributed by atoms with van der Waals surface area (Å²) in [7, 11) is 3.23. The van der Waals surface area contributed by atoms with Gasteiger partial charge in [0.15, 0.2) is 11.5 Å². The van der Waals surface area contributed by atoms with Crippen molar-refractivity contribution >= 4 is 5.91 Å². The monoisotopic (exact) mass is 320 g/mol. The molecule has 0 aromatic heterocycles. The summed E-state index contributed by atoms with van der Waals surface area (Å²) < 4.78 is 10.5. The van der Waals surface area contributed by atoms with Gasteiger partial charge in [-0.2, -0.15) is 0 Å². The number of nitrogens with zero attached hydrogens (tertiary/aromatic N) is 1. The summed E-state index contributed by atoms with van der Waals surface area (Å²) in [4.78, 5) is 14.7. The average molecular weight is 320 g/mol. The lowest BCUT2D eigenvalue weighted by Crippen LogP contribution is -2.45. The number of ether oxygens (including phenoxy) is 2. The third-order valence-electron chi connectivity index (χ3n) is 4.48. The number of hydrogen-bond donors (Lipinski definition) is 1. The molecule has 1 aromatic rings. The lowest BCUT2D eigenvalue weighted by atomic mass is 10.2. The van der Waals surface area contributed by atoms with Gasteiger partial charge in [-0.3, -0.25) is 9.69 Å². The van der Waals surface area contributed by atoms with E-state index in [1.54, 1.807) is 14.2 Å². The molecule has 5 nitrogen and oxygen atoms in total. The lowest BCUT2D eigenvalue weighted by Gasteiger charge is -2.26. The molecule has 5 heteroatoms. The van der Waals surface area contributed by atoms with Gasteiger partial charge in [-0.05, 0) is 50.6 Å². The molecular weight excluding hydrogens is 292 g/mol. The molecule has 1 fully saturated rings. The van der Waals surface area contributed by atoms with Gasteiger partial charge in [0.1, 0.15) is 0 Å². The number of likely N-dealkylation sites (tertiary alicyclic amines) is 1. The Bertz CT molecular complexity index is 511. The van der Waals surface area contributed by atoms with Crippen LogP contribution in [0.3, 0.4) is 0 Å². The van der Waals surface area contributed by atoms with Gasteiger partial charge in [-0.15, -0.1) is 0 Å². The van der Waals surface area contributed by atoms with Gasteiger partial charge < -0.3 is 14.8 Å². The van der Waals surface area contributed by atoms with Gasteiger partial charge in [0.05, 0.1) is 20.3 Å². The van der Waals surface area contributed by atoms with Crippen LogP contribution >= 0.6 is 0 Å². The van der Waals surface area contributed by atoms with Crippen LogP contribution in [0.2, 0.25) is 0 Å². The number of carbonyl (C=O) groups is 1. The van der Waals surface area contributed by atoms with Crippen molar-refractivity contribution in [3.8, 4) is 11.5 Å². The Labute approximate surface area is 139 Å². The van der Waals surface area contributed by atoms with Crippen LogP contribution < -0.4 is 14.8 Å². The van der Waals surface area contributed by atoms with Crippen LogP contribution in [-0.2, 0) is 11.3 Å². The van der Waals surface area contributed by atoms with E-state index in [4.69, 9.17) is 9.47 Å². The summed E-state index contributed by atoms with van der Waals surface area (Å²) in [6, 6.07) is 5.63. The number of amides is 1. The Morgan fingerprint density at radius 1 is 1.13 bits per heavy atom. The summed E-state index contributed by atoms with van der Waals surface area (Å²) in [5.74, 6) is 1.46. The summed E-state index contributed by atoms with van der Waals surface area (Å²) in [6.07, 6.45) is 4.92. The molecule has 1 amide bonds. The van der Waals surface area contributed by atoms with Crippen LogP contribution in [0.4, 0.5) is 0 Å². The molecule has 1 heterocycles. The maximum Gasteiger partial charge on any atom is 0.237 e. The molecule has 0 spiro atoms. The molecule has 0 bridgehead atoms. The first-order valence-corrected chi connectivity index (χ1v) is 8.38. The third kappa shape index (κ3) is 4.86. The van der Waals surface area contributed by atoms with E-state index in [1.165, 1.54) is 25.7 Å². The molecule has 128 valence electrons. The topological polar surface area (TPSA) is 50.8 Å². The Balaban J connectivity index is 1.90. The molecule has 1 N–H and O–H groups in total. The zero-order valence-electron chi connectivity index (χ0n) is 14.4. The molecule has 1 saturated heterocycles. The van der Waals surface area contributed by atoms with Gasteiger partial charge >= 0.3 is 0 Å². The van der Waals surface area contributed by atoms with E-state index in [0.29, 0.717) is 18.0 Å². The highest BCUT2D eigenvalue weighted by Gasteiger charge is 2.21. The largest absolute Gasteiger partial charge is 0.493 e. The lowest BCUT2D eigenvalue weighted by molar-refractivity contribution is -0.126. The normalized spacial score (nSPS) is 17.2. The SMILES string of the molecule is COc1ccc(CNC(=O)[C@@H](C)N2CCCCCC2)cc1OC. The van der Waals surface area contributed by atoms with Crippen LogP contribution in [0, 0.1) is 0 Å². The van der Waals surface area contributed by atoms with E-state index >= 15 is 0 Å². The summed E-state index contributed by atoms with van der Waals surface area (Å²) in [6.45, 7) is 4.53. The summed E-state index contributed by atoms with van der Waals surface area (Å²) >= 11 is 0. The van der Waals surface area contributed by atoms with Crippen LogP contribution in [0.25, 0.3) is 0 Å². The molecule has 0 unspecified atom stereocenters. The Kier molecular flexibility index (Phi) is 6.71. The summed E-state index contributed by atoms with van der Waals surface area (Å²) in [5, 5.41) is 3.03. The second-order valence-electron chi connectivity index (χ2n) is 6.03. The van der Waals surface area contributed by atoms with Crippen LogP contribution in [0.15, 0.2) is 18.2 Å². The molecule has 23 heavy (non-hydrogen) atoms. The minimum Gasteiger partial charge on any atom is -0.493 e. The maximum absolute atomic E-state index is 12.4. The quantitative estimate of drug-likeness (QED) is 0.875. The second-order valence-corrected chi connectivity index (χ2v) is 6.03. The van der Waals surface area contributed by atoms with E-state index in [9.17, 15) is 4.79 Å². The molecule has 1 aromatic carbocycles. The Morgan fingerprint density at radius 2 is 1.78 bits per heavy atom. The zero-order valence-corrected chi connectivity index (χ0v) is 14.4. The number of nitrogens with one attached hydrogen (secondary N) is 1. The van der Waals surface area contributed by atoms with E-state index in [-0.39, 0.29) is 11.9 Å². The van der Waals surface area contributed by atoms with Crippen LogP contribution in [0.5, 0.6) is 11.5 Å². The highest BCUT2D eigenvalue weighted by Crippen LogP contribution is 2.27. The van der Waals surface area contributed by atoms with Crippen molar-refractivity contribution in [2.24, 2.45) is 0 Å². The van der Waals surface area contributed by atoms with Gasteiger partial charge in [0, 0.05) is 6.54 Å². The van der Waals surface area contributed by atoms with Crippen molar-refractivity contribution in [1.29, 1.82) is 0 Å². The van der Waals surface area contributed by atoms with Crippen molar-refractivity contribution in [2.45, 2.75) is 45.2 Å². The van der Waals surface area contributed by atoms with Gasteiger partial charge in [0.2, 0.25) is 5.91 Å². The first-order valence-electron chi connectivity index (χ1n) is 8.38. The fourth-order valence-corrected chi connectivity index (χ4v) is 2.98. The highest BCUT2D eigenvalue weighted by molar-refractivity contribution is 5.81. The van der Waals surface area contributed by atoms with Crippen molar-refractivity contribution in [2.75, 3.05) is 27.3 Å². The second kappa shape index (κ2) is 8.77. The van der Waals surface area contributed by atoms with E-state index in [1.807, 2.05) is 25.1 Å². The summed E-state index contributed by atoms with van der Waals surface area (Å²) in [5.41, 5.74) is 0.999. The maximum atomic E-state index is 12.4. The first-order chi connectivity index (χ1) is 11.2. The Morgan fingerprint density at radius 3 is 2.39 bits per heavy atom. The predicted octanol–water partition coefficient (Wildman–Crippen LogP) is 2.58.